The third-order valence-corrected chi connectivity index (χ3v) is 2.14. The van der Waals surface area contributed by atoms with Crippen molar-refractivity contribution in [2.45, 2.75) is 58.9 Å². The zero-order valence-corrected chi connectivity index (χ0v) is 8.32. The molecule has 0 aliphatic rings. The summed E-state index contributed by atoms with van der Waals surface area (Å²) >= 11 is 0. The van der Waals surface area contributed by atoms with Gasteiger partial charge >= 0.3 is 0 Å². The van der Waals surface area contributed by atoms with Gasteiger partial charge in [-0.2, -0.15) is 0 Å². The lowest BCUT2D eigenvalue weighted by Gasteiger charge is -2.14. The molecular formula is C10H23N. The standard InChI is InChI=1S/C10H23N/c1-4-7-8-9-10(5-2)11-6-3/h10-11H,4-9H2,1-3H3. The summed E-state index contributed by atoms with van der Waals surface area (Å²) in [5, 5.41) is 3.49. The van der Waals surface area contributed by atoms with Crippen LogP contribution in [0.15, 0.2) is 0 Å². The molecule has 0 radical (unpaired) electrons. The van der Waals surface area contributed by atoms with Gasteiger partial charge < -0.3 is 5.32 Å². The van der Waals surface area contributed by atoms with E-state index in [4.69, 9.17) is 0 Å². The molecule has 1 heteroatoms. The van der Waals surface area contributed by atoms with E-state index in [0.717, 1.165) is 12.6 Å². The largest absolute Gasteiger partial charge is 0.314 e. The number of rotatable bonds is 7. The maximum absolute atomic E-state index is 3.49. The Morgan fingerprint density at radius 1 is 1.09 bits per heavy atom. The minimum Gasteiger partial charge on any atom is -0.314 e. The van der Waals surface area contributed by atoms with Gasteiger partial charge in [-0.3, -0.25) is 0 Å². The molecule has 0 aliphatic heterocycles. The second kappa shape index (κ2) is 8.06. The predicted molar refractivity (Wildman–Crippen MR) is 51.9 cm³/mol. The average molecular weight is 157 g/mol. The molecule has 0 aliphatic carbocycles. The second-order valence-corrected chi connectivity index (χ2v) is 3.16. The molecule has 0 rings (SSSR count). The Kier molecular flexibility index (Phi) is 8.03. The fraction of sp³-hybridized carbons (Fsp3) is 1.00. The minimum atomic E-state index is 0.770. The Hall–Kier alpha value is -0.0400. The number of hydrogen-bond acceptors (Lipinski definition) is 1. The maximum Gasteiger partial charge on any atom is 0.00643 e. The van der Waals surface area contributed by atoms with Gasteiger partial charge in [-0.15, -0.1) is 0 Å². The first kappa shape index (κ1) is 11.0. The zero-order valence-electron chi connectivity index (χ0n) is 8.32. The van der Waals surface area contributed by atoms with Crippen LogP contribution in [0, 0.1) is 0 Å². The van der Waals surface area contributed by atoms with Crippen LogP contribution in [0.3, 0.4) is 0 Å². The van der Waals surface area contributed by atoms with E-state index in [2.05, 4.69) is 26.1 Å². The first-order valence-corrected chi connectivity index (χ1v) is 5.08. The highest BCUT2D eigenvalue weighted by molar-refractivity contribution is 4.62. The van der Waals surface area contributed by atoms with Crippen LogP contribution >= 0.6 is 0 Å². The molecule has 0 bridgehead atoms. The molecule has 0 aromatic carbocycles. The highest BCUT2D eigenvalue weighted by atomic mass is 14.9. The van der Waals surface area contributed by atoms with Gasteiger partial charge in [0, 0.05) is 6.04 Å². The lowest BCUT2D eigenvalue weighted by Crippen LogP contribution is -2.27. The molecule has 1 nitrogen and oxygen atoms in total. The van der Waals surface area contributed by atoms with Crippen LogP contribution in [0.5, 0.6) is 0 Å². The third-order valence-electron chi connectivity index (χ3n) is 2.14. The fourth-order valence-electron chi connectivity index (χ4n) is 1.38. The smallest absolute Gasteiger partial charge is 0.00643 e. The van der Waals surface area contributed by atoms with Crippen molar-refractivity contribution in [2.75, 3.05) is 6.54 Å². The summed E-state index contributed by atoms with van der Waals surface area (Å²) in [4.78, 5) is 0. The van der Waals surface area contributed by atoms with Crippen LogP contribution in [-0.4, -0.2) is 12.6 Å². The Morgan fingerprint density at radius 2 is 1.82 bits per heavy atom. The van der Waals surface area contributed by atoms with E-state index < -0.39 is 0 Å². The lowest BCUT2D eigenvalue weighted by molar-refractivity contribution is 0.458. The van der Waals surface area contributed by atoms with Crippen LogP contribution in [0.2, 0.25) is 0 Å². The molecule has 0 saturated heterocycles. The summed E-state index contributed by atoms with van der Waals surface area (Å²) in [6.07, 6.45) is 6.75. The van der Waals surface area contributed by atoms with Crippen molar-refractivity contribution in [2.24, 2.45) is 0 Å². The normalized spacial score (nSPS) is 13.4. The monoisotopic (exact) mass is 157 g/mol. The Labute approximate surface area is 71.6 Å². The second-order valence-electron chi connectivity index (χ2n) is 3.16. The highest BCUT2D eigenvalue weighted by Crippen LogP contribution is 2.05. The van der Waals surface area contributed by atoms with Gasteiger partial charge in [0.25, 0.3) is 0 Å². The van der Waals surface area contributed by atoms with E-state index in [1.807, 2.05) is 0 Å². The van der Waals surface area contributed by atoms with Crippen LogP contribution < -0.4 is 5.32 Å². The highest BCUT2D eigenvalue weighted by Gasteiger charge is 2.01. The molecule has 0 heterocycles. The quantitative estimate of drug-likeness (QED) is 0.560. The van der Waals surface area contributed by atoms with Crippen molar-refractivity contribution >= 4 is 0 Å². The lowest BCUT2D eigenvalue weighted by atomic mass is 10.1. The molecule has 0 spiro atoms. The van der Waals surface area contributed by atoms with E-state index in [-0.39, 0.29) is 0 Å². The van der Waals surface area contributed by atoms with Gasteiger partial charge in [-0.25, -0.2) is 0 Å². The summed E-state index contributed by atoms with van der Waals surface area (Å²) in [5.74, 6) is 0. The van der Waals surface area contributed by atoms with Crippen LogP contribution in [0.4, 0.5) is 0 Å². The van der Waals surface area contributed by atoms with Gasteiger partial charge in [0.05, 0.1) is 0 Å². The van der Waals surface area contributed by atoms with Gasteiger partial charge in [-0.05, 0) is 19.4 Å². The molecule has 68 valence electrons. The first-order valence-electron chi connectivity index (χ1n) is 5.08. The minimum absolute atomic E-state index is 0.770. The summed E-state index contributed by atoms with van der Waals surface area (Å²) in [6.45, 7) is 7.82. The van der Waals surface area contributed by atoms with Gasteiger partial charge in [-0.1, -0.05) is 40.0 Å². The van der Waals surface area contributed by atoms with Crippen LogP contribution in [0.1, 0.15) is 52.9 Å². The Morgan fingerprint density at radius 3 is 2.27 bits per heavy atom. The topological polar surface area (TPSA) is 12.0 Å². The molecule has 0 fully saturated rings. The van der Waals surface area contributed by atoms with Crippen molar-refractivity contribution in [1.29, 1.82) is 0 Å². The van der Waals surface area contributed by atoms with E-state index in [1.54, 1.807) is 0 Å². The molecule has 1 atom stereocenters. The summed E-state index contributed by atoms with van der Waals surface area (Å²) < 4.78 is 0. The number of nitrogens with one attached hydrogen (secondary N) is 1. The molecule has 11 heavy (non-hydrogen) atoms. The van der Waals surface area contributed by atoms with Crippen LogP contribution in [-0.2, 0) is 0 Å². The van der Waals surface area contributed by atoms with E-state index in [1.165, 1.54) is 32.1 Å². The summed E-state index contributed by atoms with van der Waals surface area (Å²) in [7, 11) is 0. The average Bonchev–Trinajstić information content (AvgIpc) is 2.03. The van der Waals surface area contributed by atoms with Gasteiger partial charge in [0.1, 0.15) is 0 Å². The van der Waals surface area contributed by atoms with Crippen molar-refractivity contribution in [3.8, 4) is 0 Å². The molecular weight excluding hydrogens is 134 g/mol. The van der Waals surface area contributed by atoms with E-state index >= 15 is 0 Å². The molecule has 1 unspecified atom stereocenters. The van der Waals surface area contributed by atoms with Crippen molar-refractivity contribution in [3.63, 3.8) is 0 Å². The van der Waals surface area contributed by atoms with Crippen molar-refractivity contribution in [3.05, 3.63) is 0 Å². The summed E-state index contributed by atoms with van der Waals surface area (Å²) in [6, 6.07) is 0.770. The van der Waals surface area contributed by atoms with Crippen molar-refractivity contribution < 1.29 is 0 Å². The zero-order chi connectivity index (χ0) is 8.53. The molecule has 1 N–H and O–H groups in total. The number of hydrogen-bond donors (Lipinski definition) is 1. The maximum atomic E-state index is 3.49. The van der Waals surface area contributed by atoms with Gasteiger partial charge in [0.2, 0.25) is 0 Å². The molecule has 0 saturated carbocycles. The first-order chi connectivity index (χ1) is 5.35. The third kappa shape index (κ3) is 6.36. The number of unbranched alkanes of at least 4 members (excludes halogenated alkanes) is 2. The molecule has 0 aromatic heterocycles. The van der Waals surface area contributed by atoms with Crippen LogP contribution in [0.25, 0.3) is 0 Å². The Balaban J connectivity index is 3.20. The summed E-state index contributed by atoms with van der Waals surface area (Å²) in [5.41, 5.74) is 0. The molecule has 0 amide bonds. The molecule has 0 aromatic rings. The predicted octanol–water partition coefficient (Wildman–Crippen LogP) is 2.95. The van der Waals surface area contributed by atoms with E-state index in [9.17, 15) is 0 Å². The fourth-order valence-corrected chi connectivity index (χ4v) is 1.38. The van der Waals surface area contributed by atoms with Gasteiger partial charge in [0.15, 0.2) is 0 Å². The SMILES string of the molecule is CCCCCC(CC)NCC. The van der Waals surface area contributed by atoms with Crippen molar-refractivity contribution in [1.82, 2.24) is 5.32 Å². The van der Waals surface area contributed by atoms with E-state index in [0.29, 0.717) is 0 Å². The Bertz CT molecular complexity index is 71.3.